The van der Waals surface area contributed by atoms with Crippen LogP contribution in [0.25, 0.3) is 0 Å². The Bertz CT molecular complexity index is 425. The average molecular weight is 305 g/mol. The van der Waals surface area contributed by atoms with E-state index in [1.165, 1.54) is 0 Å². The van der Waals surface area contributed by atoms with Crippen molar-refractivity contribution in [3.8, 4) is 0 Å². The van der Waals surface area contributed by atoms with Crippen molar-refractivity contribution < 1.29 is 13.2 Å². The summed E-state index contributed by atoms with van der Waals surface area (Å²) in [6, 6.07) is -0.583. The molecule has 1 aliphatic rings. The number of sulfonamides is 1. The maximum Gasteiger partial charge on any atom is 0.240 e. The third kappa shape index (κ3) is 5.03. The SMILES string of the molecule is CCC(C)[C@H](N)C(=O)N1CCCCC1CNS(C)(=O)=O. The summed E-state index contributed by atoms with van der Waals surface area (Å²) in [5.41, 5.74) is 6.02. The lowest BCUT2D eigenvalue weighted by Gasteiger charge is -2.38. The Hall–Kier alpha value is -0.660. The summed E-state index contributed by atoms with van der Waals surface area (Å²) >= 11 is 0. The second-order valence-electron chi connectivity index (χ2n) is 5.71. The van der Waals surface area contributed by atoms with Gasteiger partial charge in [0.15, 0.2) is 0 Å². The van der Waals surface area contributed by atoms with E-state index in [1.54, 1.807) is 4.90 Å². The topological polar surface area (TPSA) is 92.5 Å². The lowest BCUT2D eigenvalue weighted by Crippen LogP contribution is -2.55. The van der Waals surface area contributed by atoms with E-state index in [4.69, 9.17) is 5.73 Å². The Balaban J connectivity index is 2.70. The second kappa shape index (κ2) is 7.38. The van der Waals surface area contributed by atoms with Gasteiger partial charge in [-0.25, -0.2) is 13.1 Å². The van der Waals surface area contributed by atoms with Crippen molar-refractivity contribution in [2.75, 3.05) is 19.3 Å². The predicted molar refractivity (Wildman–Crippen MR) is 79.6 cm³/mol. The van der Waals surface area contributed by atoms with E-state index in [2.05, 4.69) is 4.72 Å². The van der Waals surface area contributed by atoms with Crippen molar-refractivity contribution in [3.05, 3.63) is 0 Å². The number of carbonyl (C=O) groups is 1. The molecule has 0 saturated carbocycles. The van der Waals surface area contributed by atoms with Gasteiger partial charge in [0.2, 0.25) is 15.9 Å². The number of rotatable bonds is 6. The van der Waals surface area contributed by atoms with E-state index >= 15 is 0 Å². The highest BCUT2D eigenvalue weighted by molar-refractivity contribution is 7.88. The summed E-state index contributed by atoms with van der Waals surface area (Å²) in [5, 5.41) is 0. The zero-order chi connectivity index (χ0) is 15.3. The smallest absolute Gasteiger partial charge is 0.240 e. The first kappa shape index (κ1) is 17.4. The fraction of sp³-hybridized carbons (Fsp3) is 0.923. The molecule has 1 rings (SSSR count). The minimum absolute atomic E-state index is 0.0562. The quantitative estimate of drug-likeness (QED) is 0.737. The predicted octanol–water partition coefficient (Wildman–Crippen LogP) is 0.290. The van der Waals surface area contributed by atoms with Crippen LogP contribution in [0, 0.1) is 5.92 Å². The zero-order valence-corrected chi connectivity index (χ0v) is 13.4. The van der Waals surface area contributed by atoms with Gasteiger partial charge in [-0.3, -0.25) is 4.79 Å². The molecule has 1 heterocycles. The van der Waals surface area contributed by atoms with E-state index in [-0.39, 0.29) is 24.4 Å². The Kier molecular flexibility index (Phi) is 6.42. The van der Waals surface area contributed by atoms with Gasteiger partial charge in [0, 0.05) is 19.1 Å². The van der Waals surface area contributed by atoms with Gasteiger partial charge in [-0.1, -0.05) is 20.3 Å². The van der Waals surface area contributed by atoms with Gasteiger partial charge in [-0.05, 0) is 25.2 Å². The molecule has 2 unspecified atom stereocenters. The molecule has 20 heavy (non-hydrogen) atoms. The summed E-state index contributed by atoms with van der Waals surface area (Å²) in [4.78, 5) is 14.2. The highest BCUT2D eigenvalue weighted by Gasteiger charge is 2.31. The van der Waals surface area contributed by atoms with E-state index in [1.807, 2.05) is 13.8 Å². The van der Waals surface area contributed by atoms with Gasteiger partial charge in [0.1, 0.15) is 0 Å². The Morgan fingerprint density at radius 2 is 2.10 bits per heavy atom. The third-order valence-electron chi connectivity index (χ3n) is 4.03. The van der Waals surface area contributed by atoms with Gasteiger partial charge in [-0.15, -0.1) is 0 Å². The minimum Gasteiger partial charge on any atom is -0.337 e. The normalized spacial score (nSPS) is 23.4. The summed E-state index contributed by atoms with van der Waals surface area (Å²) in [7, 11) is -3.23. The fourth-order valence-corrected chi connectivity index (χ4v) is 2.93. The van der Waals surface area contributed by atoms with Crippen LogP contribution in [0.15, 0.2) is 0 Å². The molecule has 1 saturated heterocycles. The molecule has 0 aromatic rings. The van der Waals surface area contributed by atoms with E-state index in [9.17, 15) is 13.2 Å². The van der Waals surface area contributed by atoms with Gasteiger partial charge in [-0.2, -0.15) is 0 Å². The lowest BCUT2D eigenvalue weighted by molar-refractivity contribution is -0.137. The fourth-order valence-electron chi connectivity index (χ4n) is 2.44. The molecule has 6 nitrogen and oxygen atoms in total. The number of nitrogens with two attached hydrogens (primary N) is 1. The van der Waals surface area contributed by atoms with Crippen LogP contribution in [0.4, 0.5) is 0 Å². The third-order valence-corrected chi connectivity index (χ3v) is 4.72. The molecular weight excluding hydrogens is 278 g/mol. The lowest BCUT2D eigenvalue weighted by atomic mass is 9.95. The van der Waals surface area contributed by atoms with Crippen LogP contribution in [0.2, 0.25) is 0 Å². The molecule has 1 amide bonds. The van der Waals surface area contributed by atoms with Gasteiger partial charge < -0.3 is 10.6 Å². The number of nitrogens with zero attached hydrogens (tertiary/aromatic N) is 1. The van der Waals surface area contributed by atoms with Crippen molar-refractivity contribution in [3.63, 3.8) is 0 Å². The van der Waals surface area contributed by atoms with Crippen LogP contribution in [0.5, 0.6) is 0 Å². The molecule has 7 heteroatoms. The molecule has 118 valence electrons. The minimum atomic E-state index is -3.23. The highest BCUT2D eigenvalue weighted by atomic mass is 32.2. The highest BCUT2D eigenvalue weighted by Crippen LogP contribution is 2.19. The summed E-state index contributed by atoms with van der Waals surface area (Å²) in [6.45, 7) is 4.92. The molecular formula is C13H27N3O3S. The molecule has 3 N–H and O–H groups in total. The number of hydrogen-bond donors (Lipinski definition) is 2. The monoisotopic (exact) mass is 305 g/mol. The molecule has 0 bridgehead atoms. The molecule has 3 atom stereocenters. The van der Waals surface area contributed by atoms with Crippen LogP contribution >= 0.6 is 0 Å². The van der Waals surface area contributed by atoms with Gasteiger partial charge in [0.05, 0.1) is 12.3 Å². The molecule has 1 aliphatic heterocycles. The van der Waals surface area contributed by atoms with E-state index in [0.29, 0.717) is 6.54 Å². The first-order chi connectivity index (χ1) is 9.26. The first-order valence-corrected chi connectivity index (χ1v) is 9.16. The van der Waals surface area contributed by atoms with Gasteiger partial charge >= 0.3 is 0 Å². The van der Waals surface area contributed by atoms with Crippen LogP contribution < -0.4 is 10.5 Å². The van der Waals surface area contributed by atoms with Crippen LogP contribution in [0.3, 0.4) is 0 Å². The molecule has 0 aromatic carbocycles. The average Bonchev–Trinajstić information content (AvgIpc) is 2.42. The molecule has 0 radical (unpaired) electrons. The standard InChI is InChI=1S/C13H27N3O3S/c1-4-10(2)12(14)13(17)16-8-6-5-7-11(16)9-15-20(3,18)19/h10-12,15H,4-9,14H2,1-3H3/t10?,11?,12-/m0/s1. The van der Waals surface area contributed by atoms with Crippen molar-refractivity contribution in [1.29, 1.82) is 0 Å². The largest absolute Gasteiger partial charge is 0.337 e. The zero-order valence-electron chi connectivity index (χ0n) is 12.6. The molecule has 0 spiro atoms. The number of nitrogens with one attached hydrogen (secondary N) is 1. The summed E-state index contributed by atoms with van der Waals surface area (Å²) in [5.74, 6) is 0.0762. The number of carbonyl (C=O) groups excluding carboxylic acids is 1. The van der Waals surface area contributed by atoms with E-state index in [0.717, 1.165) is 31.9 Å². The number of hydrogen-bond acceptors (Lipinski definition) is 4. The van der Waals surface area contributed by atoms with Gasteiger partial charge in [0.25, 0.3) is 0 Å². The molecule has 1 fully saturated rings. The number of amides is 1. The number of piperidine rings is 1. The Morgan fingerprint density at radius 3 is 2.65 bits per heavy atom. The Labute approximate surface area is 122 Å². The van der Waals surface area contributed by atoms with Crippen molar-refractivity contribution in [2.45, 2.75) is 51.6 Å². The maximum absolute atomic E-state index is 12.5. The first-order valence-electron chi connectivity index (χ1n) is 7.27. The Morgan fingerprint density at radius 1 is 1.45 bits per heavy atom. The van der Waals surface area contributed by atoms with Crippen molar-refractivity contribution in [2.24, 2.45) is 11.7 Å². The molecule has 0 aromatic heterocycles. The summed E-state index contributed by atoms with van der Waals surface area (Å²) < 4.78 is 24.9. The number of likely N-dealkylation sites (tertiary alicyclic amines) is 1. The maximum atomic E-state index is 12.5. The molecule has 0 aliphatic carbocycles. The second-order valence-corrected chi connectivity index (χ2v) is 7.55. The van der Waals surface area contributed by atoms with Crippen molar-refractivity contribution in [1.82, 2.24) is 9.62 Å². The van der Waals surface area contributed by atoms with E-state index < -0.39 is 16.1 Å². The summed E-state index contributed by atoms with van der Waals surface area (Å²) in [6.07, 6.45) is 4.77. The van der Waals surface area contributed by atoms with Crippen LogP contribution in [-0.4, -0.2) is 50.7 Å². The van der Waals surface area contributed by atoms with Crippen LogP contribution in [-0.2, 0) is 14.8 Å². The van der Waals surface area contributed by atoms with Crippen LogP contribution in [0.1, 0.15) is 39.5 Å². The van der Waals surface area contributed by atoms with Crippen molar-refractivity contribution >= 4 is 15.9 Å².